The molecule has 0 spiro atoms. The van der Waals surface area contributed by atoms with Gasteiger partial charge in [-0.1, -0.05) is 22.5 Å². The van der Waals surface area contributed by atoms with Gasteiger partial charge in [0, 0.05) is 23.8 Å². The molecule has 0 N–H and O–H groups in total. The van der Waals surface area contributed by atoms with Crippen LogP contribution in [0.25, 0.3) is 0 Å². The molecule has 0 aliphatic carbocycles. The maximum atomic E-state index is 8.63. The Labute approximate surface area is 92.6 Å². The molecule has 0 amide bonds. The molecule has 0 bridgehead atoms. The first-order chi connectivity index (χ1) is 6.63. The second kappa shape index (κ2) is 4.83. The fourth-order valence-electron chi connectivity index (χ4n) is 1.14. The van der Waals surface area contributed by atoms with Crippen molar-refractivity contribution < 1.29 is 0 Å². The molecular weight excluding hydrogens is 240 g/mol. The van der Waals surface area contributed by atoms with Gasteiger partial charge in [-0.05, 0) is 24.3 Å². The minimum absolute atomic E-state index is 0.680. The fourth-order valence-corrected chi connectivity index (χ4v) is 1.52. The van der Waals surface area contributed by atoms with Crippen molar-refractivity contribution in [2.45, 2.75) is 0 Å². The van der Waals surface area contributed by atoms with Gasteiger partial charge in [0.15, 0.2) is 0 Å². The van der Waals surface area contributed by atoms with Crippen LogP contribution in [0, 0.1) is 11.3 Å². The van der Waals surface area contributed by atoms with E-state index in [-0.39, 0.29) is 0 Å². The smallest absolute Gasteiger partial charge is 0.0991 e. The molecule has 0 heterocycles. The Bertz CT molecular complexity index is 362. The van der Waals surface area contributed by atoms with Crippen LogP contribution in [0.15, 0.2) is 35.3 Å². The Kier molecular flexibility index (Phi) is 3.73. The third-order valence-electron chi connectivity index (χ3n) is 1.85. The summed E-state index contributed by atoms with van der Waals surface area (Å²) in [7, 11) is 1.98. The lowest BCUT2D eigenvalue weighted by Gasteiger charge is -2.18. The molecule has 1 aromatic carbocycles. The van der Waals surface area contributed by atoms with E-state index in [0.717, 1.165) is 16.7 Å². The molecule has 0 saturated heterocycles. The number of hydrogen-bond acceptors (Lipinski definition) is 2. The van der Waals surface area contributed by atoms with E-state index >= 15 is 0 Å². The molecule has 0 radical (unpaired) electrons. The zero-order chi connectivity index (χ0) is 10.6. The predicted molar refractivity (Wildman–Crippen MR) is 62.5 cm³/mol. The quantitative estimate of drug-likeness (QED) is 0.825. The third-order valence-corrected chi connectivity index (χ3v) is 2.10. The van der Waals surface area contributed by atoms with Crippen molar-refractivity contribution in [1.29, 1.82) is 5.26 Å². The van der Waals surface area contributed by atoms with Crippen molar-refractivity contribution in [3.05, 3.63) is 40.9 Å². The molecule has 0 atom stereocenters. The zero-order valence-corrected chi connectivity index (χ0v) is 9.58. The highest BCUT2D eigenvalue weighted by molar-refractivity contribution is 9.11. The van der Waals surface area contributed by atoms with E-state index in [9.17, 15) is 0 Å². The Morgan fingerprint density at radius 1 is 1.50 bits per heavy atom. The van der Waals surface area contributed by atoms with Crippen LogP contribution in [-0.2, 0) is 0 Å². The summed E-state index contributed by atoms with van der Waals surface area (Å²) < 4.78 is 0.935. The largest absolute Gasteiger partial charge is 0.370 e. The second-order valence-electron chi connectivity index (χ2n) is 3.03. The van der Waals surface area contributed by atoms with Gasteiger partial charge in [0.05, 0.1) is 11.6 Å². The molecule has 0 unspecified atom stereocenters. The highest BCUT2D eigenvalue weighted by Gasteiger charge is 2.00. The highest BCUT2D eigenvalue weighted by atomic mass is 79.9. The number of nitriles is 1. The summed E-state index contributed by atoms with van der Waals surface area (Å²) in [4.78, 5) is 2.05. The average Bonchev–Trinajstić information content (AvgIpc) is 2.17. The van der Waals surface area contributed by atoms with E-state index in [1.165, 1.54) is 0 Å². The summed E-state index contributed by atoms with van der Waals surface area (Å²) >= 11 is 3.31. The molecule has 1 rings (SSSR count). The van der Waals surface area contributed by atoms with E-state index in [2.05, 4.69) is 33.5 Å². The summed E-state index contributed by atoms with van der Waals surface area (Å²) in [5, 5.41) is 8.63. The van der Waals surface area contributed by atoms with E-state index in [4.69, 9.17) is 5.26 Å². The minimum atomic E-state index is 0.680. The summed E-state index contributed by atoms with van der Waals surface area (Å²) in [6, 6.07) is 9.56. The Balaban J connectivity index is 2.77. The standard InChI is InChI=1S/C11H11BrN2/c1-9(12)8-14(2)11-5-3-10(7-13)4-6-11/h3-6H,1,8H2,2H3. The number of nitrogens with zero attached hydrogens (tertiary/aromatic N) is 2. The van der Waals surface area contributed by atoms with Gasteiger partial charge in [-0.15, -0.1) is 0 Å². The lowest BCUT2D eigenvalue weighted by molar-refractivity contribution is 1.03. The Hall–Kier alpha value is -1.27. The maximum Gasteiger partial charge on any atom is 0.0991 e. The number of anilines is 1. The molecule has 72 valence electrons. The number of rotatable bonds is 3. The third kappa shape index (κ3) is 2.90. The number of hydrogen-bond donors (Lipinski definition) is 0. The molecule has 0 aliphatic rings. The average molecular weight is 251 g/mol. The van der Waals surface area contributed by atoms with Crippen LogP contribution in [0.3, 0.4) is 0 Å². The summed E-state index contributed by atoms with van der Waals surface area (Å²) in [5.41, 5.74) is 1.75. The fraction of sp³-hybridized carbons (Fsp3) is 0.182. The molecule has 0 saturated carbocycles. The first-order valence-electron chi connectivity index (χ1n) is 4.18. The van der Waals surface area contributed by atoms with Crippen molar-refractivity contribution in [3.8, 4) is 6.07 Å². The first-order valence-corrected chi connectivity index (χ1v) is 4.97. The molecule has 0 fully saturated rings. The number of likely N-dealkylation sites (N-methyl/N-ethyl adjacent to an activating group) is 1. The van der Waals surface area contributed by atoms with Gasteiger partial charge in [0.25, 0.3) is 0 Å². The second-order valence-corrected chi connectivity index (χ2v) is 4.15. The van der Waals surface area contributed by atoms with Gasteiger partial charge in [-0.2, -0.15) is 5.26 Å². The van der Waals surface area contributed by atoms with Gasteiger partial charge >= 0.3 is 0 Å². The van der Waals surface area contributed by atoms with Crippen LogP contribution in [0.5, 0.6) is 0 Å². The van der Waals surface area contributed by atoms with Crippen LogP contribution < -0.4 is 4.90 Å². The zero-order valence-electron chi connectivity index (χ0n) is 8.00. The molecule has 14 heavy (non-hydrogen) atoms. The lowest BCUT2D eigenvalue weighted by Crippen LogP contribution is -2.17. The van der Waals surface area contributed by atoms with Crippen LogP contribution in [-0.4, -0.2) is 13.6 Å². The summed E-state index contributed by atoms with van der Waals surface area (Å²) in [5.74, 6) is 0. The lowest BCUT2D eigenvalue weighted by atomic mass is 10.2. The number of halogens is 1. The Morgan fingerprint density at radius 2 is 2.07 bits per heavy atom. The topological polar surface area (TPSA) is 27.0 Å². The first kappa shape index (κ1) is 10.8. The van der Waals surface area contributed by atoms with Crippen molar-refractivity contribution in [3.63, 3.8) is 0 Å². The normalized spacial score (nSPS) is 9.21. The van der Waals surface area contributed by atoms with Crippen molar-refractivity contribution in [1.82, 2.24) is 0 Å². The number of benzene rings is 1. The van der Waals surface area contributed by atoms with Crippen LogP contribution >= 0.6 is 15.9 Å². The monoisotopic (exact) mass is 250 g/mol. The van der Waals surface area contributed by atoms with Gasteiger partial charge in [0.2, 0.25) is 0 Å². The van der Waals surface area contributed by atoms with Crippen LogP contribution in [0.4, 0.5) is 5.69 Å². The highest BCUT2D eigenvalue weighted by Crippen LogP contribution is 2.15. The molecule has 0 aromatic heterocycles. The van der Waals surface area contributed by atoms with Gasteiger partial charge in [-0.3, -0.25) is 0 Å². The van der Waals surface area contributed by atoms with Crippen LogP contribution in [0.2, 0.25) is 0 Å². The van der Waals surface area contributed by atoms with Gasteiger partial charge in [-0.25, -0.2) is 0 Å². The molecular formula is C11H11BrN2. The van der Waals surface area contributed by atoms with E-state index in [1.54, 1.807) is 0 Å². The molecule has 2 nitrogen and oxygen atoms in total. The molecule has 3 heteroatoms. The van der Waals surface area contributed by atoms with Gasteiger partial charge < -0.3 is 4.90 Å². The summed E-state index contributed by atoms with van der Waals surface area (Å²) in [6.45, 7) is 4.53. The van der Waals surface area contributed by atoms with E-state index in [0.29, 0.717) is 5.56 Å². The predicted octanol–water partition coefficient (Wildman–Crippen LogP) is 2.90. The van der Waals surface area contributed by atoms with Crippen LogP contribution in [0.1, 0.15) is 5.56 Å². The SMILES string of the molecule is C=C(Br)CN(C)c1ccc(C#N)cc1. The Morgan fingerprint density at radius 3 is 2.50 bits per heavy atom. The minimum Gasteiger partial charge on any atom is -0.370 e. The van der Waals surface area contributed by atoms with Crippen molar-refractivity contribution in [2.24, 2.45) is 0 Å². The van der Waals surface area contributed by atoms with Gasteiger partial charge in [0.1, 0.15) is 0 Å². The molecule has 1 aromatic rings. The van der Waals surface area contributed by atoms with Crippen molar-refractivity contribution >= 4 is 21.6 Å². The van der Waals surface area contributed by atoms with E-state index < -0.39 is 0 Å². The maximum absolute atomic E-state index is 8.63. The van der Waals surface area contributed by atoms with E-state index in [1.807, 2.05) is 31.3 Å². The van der Waals surface area contributed by atoms with Crippen molar-refractivity contribution in [2.75, 3.05) is 18.5 Å². The summed E-state index contributed by atoms with van der Waals surface area (Å²) in [6.07, 6.45) is 0. The molecule has 0 aliphatic heterocycles.